The van der Waals surface area contributed by atoms with Crippen LogP contribution in [0.1, 0.15) is 32.4 Å². The van der Waals surface area contributed by atoms with E-state index >= 15 is 0 Å². The SMILES string of the molecule is O=C1OC(c2cccc([N+](=O)[O-])c2)C(Br)c2ccccc21. The van der Waals surface area contributed by atoms with Gasteiger partial charge < -0.3 is 4.74 Å². The molecule has 21 heavy (non-hydrogen) atoms. The van der Waals surface area contributed by atoms with Crippen LogP contribution in [-0.4, -0.2) is 10.9 Å². The first-order chi connectivity index (χ1) is 10.1. The Morgan fingerprint density at radius 2 is 1.90 bits per heavy atom. The van der Waals surface area contributed by atoms with Crippen LogP contribution in [0.3, 0.4) is 0 Å². The van der Waals surface area contributed by atoms with E-state index in [1.165, 1.54) is 12.1 Å². The van der Waals surface area contributed by atoms with Crippen LogP contribution in [-0.2, 0) is 4.74 Å². The molecule has 2 unspecified atom stereocenters. The number of carbonyl (C=O) groups is 1. The lowest BCUT2D eigenvalue weighted by Gasteiger charge is -2.29. The first-order valence-electron chi connectivity index (χ1n) is 6.26. The van der Waals surface area contributed by atoms with Crippen LogP contribution in [0.2, 0.25) is 0 Å². The third-order valence-corrected chi connectivity index (χ3v) is 4.36. The molecular formula is C15H10BrNO4. The fourth-order valence-electron chi connectivity index (χ4n) is 2.38. The van der Waals surface area contributed by atoms with E-state index in [1.807, 2.05) is 12.1 Å². The third kappa shape index (κ3) is 2.42. The summed E-state index contributed by atoms with van der Waals surface area (Å²) < 4.78 is 5.44. The van der Waals surface area contributed by atoms with Crippen LogP contribution in [0, 0.1) is 10.1 Å². The summed E-state index contributed by atoms with van der Waals surface area (Å²) in [5, 5.41) is 10.9. The quantitative estimate of drug-likeness (QED) is 0.357. The smallest absolute Gasteiger partial charge is 0.339 e. The zero-order chi connectivity index (χ0) is 15.0. The standard InChI is InChI=1S/C15H10BrNO4/c16-13-11-6-1-2-7-12(11)15(18)21-14(13)9-4-3-5-10(8-9)17(19)20/h1-8,13-14H. The molecular weight excluding hydrogens is 338 g/mol. The number of hydrogen-bond acceptors (Lipinski definition) is 4. The average Bonchev–Trinajstić information content (AvgIpc) is 2.51. The van der Waals surface area contributed by atoms with Crippen molar-refractivity contribution in [3.05, 3.63) is 75.3 Å². The third-order valence-electron chi connectivity index (χ3n) is 3.39. The molecule has 3 rings (SSSR count). The van der Waals surface area contributed by atoms with Crippen molar-refractivity contribution in [2.24, 2.45) is 0 Å². The summed E-state index contributed by atoms with van der Waals surface area (Å²) in [5.41, 5.74) is 1.90. The average molecular weight is 348 g/mol. The van der Waals surface area contributed by atoms with Gasteiger partial charge >= 0.3 is 5.97 Å². The molecule has 0 saturated carbocycles. The van der Waals surface area contributed by atoms with Crippen LogP contribution in [0.15, 0.2) is 48.5 Å². The Balaban J connectivity index is 2.03. The van der Waals surface area contributed by atoms with E-state index in [0.29, 0.717) is 11.1 Å². The van der Waals surface area contributed by atoms with Gasteiger partial charge in [0.1, 0.15) is 6.10 Å². The molecule has 0 aliphatic carbocycles. The highest BCUT2D eigenvalue weighted by Crippen LogP contribution is 2.44. The van der Waals surface area contributed by atoms with Gasteiger partial charge in [-0.1, -0.05) is 46.3 Å². The molecule has 1 aliphatic heterocycles. The van der Waals surface area contributed by atoms with Crippen LogP contribution in [0.4, 0.5) is 5.69 Å². The minimum Gasteiger partial charge on any atom is -0.452 e. The number of nitro benzene ring substituents is 1. The summed E-state index contributed by atoms with van der Waals surface area (Å²) in [4.78, 5) is 22.2. The van der Waals surface area contributed by atoms with Crippen LogP contribution >= 0.6 is 15.9 Å². The number of carbonyl (C=O) groups excluding carboxylic acids is 1. The molecule has 0 spiro atoms. The van der Waals surface area contributed by atoms with Crippen LogP contribution < -0.4 is 0 Å². The molecule has 6 heteroatoms. The molecule has 0 bridgehead atoms. The largest absolute Gasteiger partial charge is 0.452 e. The lowest BCUT2D eigenvalue weighted by molar-refractivity contribution is -0.385. The molecule has 2 aromatic carbocycles. The maximum Gasteiger partial charge on any atom is 0.339 e. The van der Waals surface area contributed by atoms with Gasteiger partial charge in [0.15, 0.2) is 0 Å². The predicted molar refractivity (Wildman–Crippen MR) is 79.4 cm³/mol. The van der Waals surface area contributed by atoms with Gasteiger partial charge in [0.05, 0.1) is 15.3 Å². The predicted octanol–water partition coefficient (Wildman–Crippen LogP) is 3.94. The molecule has 0 fully saturated rings. The summed E-state index contributed by atoms with van der Waals surface area (Å²) in [6.45, 7) is 0. The van der Waals surface area contributed by atoms with E-state index in [4.69, 9.17) is 4.74 Å². The van der Waals surface area contributed by atoms with Crippen LogP contribution in [0.5, 0.6) is 0 Å². The summed E-state index contributed by atoms with van der Waals surface area (Å²) in [6, 6.07) is 13.3. The second-order valence-corrected chi connectivity index (χ2v) is 5.65. The van der Waals surface area contributed by atoms with E-state index in [9.17, 15) is 14.9 Å². The normalized spacial score (nSPS) is 20.5. The topological polar surface area (TPSA) is 69.4 Å². The highest BCUT2D eigenvalue weighted by molar-refractivity contribution is 9.09. The number of nitro groups is 1. The molecule has 1 aliphatic rings. The lowest BCUT2D eigenvalue weighted by Crippen LogP contribution is -2.23. The van der Waals surface area contributed by atoms with Gasteiger partial charge in [-0.05, 0) is 11.6 Å². The Morgan fingerprint density at radius 3 is 2.67 bits per heavy atom. The Hall–Kier alpha value is -2.21. The fourth-order valence-corrected chi connectivity index (χ4v) is 3.19. The van der Waals surface area contributed by atoms with Gasteiger partial charge in [-0.3, -0.25) is 10.1 Å². The number of non-ortho nitro benzene ring substituents is 1. The highest BCUT2D eigenvalue weighted by atomic mass is 79.9. The maximum atomic E-state index is 12.1. The summed E-state index contributed by atoms with van der Waals surface area (Å²) >= 11 is 3.53. The molecule has 106 valence electrons. The number of hydrogen-bond donors (Lipinski definition) is 0. The fraction of sp³-hybridized carbons (Fsp3) is 0.133. The van der Waals surface area contributed by atoms with E-state index in [1.54, 1.807) is 24.3 Å². The van der Waals surface area contributed by atoms with Crippen molar-refractivity contribution in [1.29, 1.82) is 0 Å². The van der Waals surface area contributed by atoms with E-state index in [2.05, 4.69) is 15.9 Å². The molecule has 0 radical (unpaired) electrons. The number of fused-ring (bicyclic) bond motifs is 1. The molecule has 0 amide bonds. The molecule has 0 aromatic heterocycles. The van der Waals surface area contributed by atoms with Crippen LogP contribution in [0.25, 0.3) is 0 Å². The van der Waals surface area contributed by atoms with Gasteiger partial charge in [-0.15, -0.1) is 0 Å². The Morgan fingerprint density at radius 1 is 1.14 bits per heavy atom. The van der Waals surface area contributed by atoms with Gasteiger partial charge in [0.2, 0.25) is 0 Å². The minimum atomic E-state index is -0.590. The van der Waals surface area contributed by atoms with Crippen molar-refractivity contribution in [1.82, 2.24) is 0 Å². The molecule has 0 N–H and O–H groups in total. The van der Waals surface area contributed by atoms with Crippen molar-refractivity contribution in [2.75, 3.05) is 0 Å². The van der Waals surface area contributed by atoms with Gasteiger partial charge in [0.25, 0.3) is 5.69 Å². The Labute approximate surface area is 128 Å². The van der Waals surface area contributed by atoms with Crippen molar-refractivity contribution in [3.8, 4) is 0 Å². The number of nitrogens with zero attached hydrogens (tertiary/aromatic N) is 1. The highest BCUT2D eigenvalue weighted by Gasteiger charge is 2.35. The second kappa shape index (κ2) is 5.29. The number of benzene rings is 2. The molecule has 2 aromatic rings. The van der Waals surface area contributed by atoms with Gasteiger partial charge in [-0.2, -0.15) is 0 Å². The maximum absolute atomic E-state index is 12.1. The number of ether oxygens (including phenoxy) is 1. The Bertz CT molecular complexity index is 731. The molecule has 1 heterocycles. The van der Waals surface area contributed by atoms with Crippen molar-refractivity contribution < 1.29 is 14.5 Å². The minimum absolute atomic E-state index is 0.0258. The lowest BCUT2D eigenvalue weighted by atomic mass is 9.94. The van der Waals surface area contributed by atoms with E-state index in [-0.39, 0.29) is 10.5 Å². The molecule has 2 atom stereocenters. The summed E-state index contributed by atoms with van der Waals surface area (Å²) in [6.07, 6.45) is -0.590. The number of alkyl halides is 1. The summed E-state index contributed by atoms with van der Waals surface area (Å²) in [5.74, 6) is -0.419. The van der Waals surface area contributed by atoms with Crippen molar-refractivity contribution in [2.45, 2.75) is 10.9 Å². The van der Waals surface area contributed by atoms with E-state index < -0.39 is 17.0 Å². The molecule has 5 nitrogen and oxygen atoms in total. The van der Waals surface area contributed by atoms with Crippen molar-refractivity contribution >= 4 is 27.6 Å². The number of cyclic esters (lactones) is 1. The van der Waals surface area contributed by atoms with Gasteiger partial charge in [0, 0.05) is 17.7 Å². The van der Waals surface area contributed by atoms with Crippen molar-refractivity contribution in [3.63, 3.8) is 0 Å². The Kier molecular flexibility index (Phi) is 3.47. The number of halogens is 1. The van der Waals surface area contributed by atoms with Gasteiger partial charge in [-0.25, -0.2) is 4.79 Å². The first-order valence-corrected chi connectivity index (χ1v) is 7.18. The van der Waals surface area contributed by atoms with E-state index in [0.717, 1.165) is 5.56 Å². The summed E-state index contributed by atoms with van der Waals surface area (Å²) in [7, 11) is 0. The number of rotatable bonds is 2. The zero-order valence-corrected chi connectivity index (χ0v) is 12.3. The molecule has 0 saturated heterocycles. The second-order valence-electron chi connectivity index (χ2n) is 4.67. The monoisotopic (exact) mass is 347 g/mol. The zero-order valence-electron chi connectivity index (χ0n) is 10.7. The number of esters is 1. The first kappa shape index (κ1) is 13.8.